The van der Waals surface area contributed by atoms with Crippen LogP contribution in [0.3, 0.4) is 0 Å². The zero-order valence-electron chi connectivity index (χ0n) is 21.2. The van der Waals surface area contributed by atoms with Crippen molar-refractivity contribution in [2.45, 2.75) is 31.5 Å². The molecule has 2 aliphatic rings. The molecular weight excluding hydrogens is 508 g/mol. The maximum Gasteiger partial charge on any atom is 0.296 e. The number of furan rings is 1. The van der Waals surface area contributed by atoms with Crippen LogP contribution in [0.15, 0.2) is 70.9 Å². The van der Waals surface area contributed by atoms with Crippen molar-refractivity contribution in [3.8, 4) is 11.5 Å². The summed E-state index contributed by atoms with van der Waals surface area (Å²) in [6.07, 6.45) is 2.87. The maximum absolute atomic E-state index is 13.4. The van der Waals surface area contributed by atoms with Gasteiger partial charge in [-0.3, -0.25) is 14.5 Å². The van der Waals surface area contributed by atoms with Crippen LogP contribution >= 0.6 is 11.6 Å². The van der Waals surface area contributed by atoms with Gasteiger partial charge in [-0.2, -0.15) is 0 Å². The molecule has 0 aliphatic carbocycles. The third-order valence-electron chi connectivity index (χ3n) is 7.22. The highest BCUT2D eigenvalue weighted by molar-refractivity contribution is 6.46. The Morgan fingerprint density at radius 3 is 2.37 bits per heavy atom. The lowest BCUT2D eigenvalue weighted by Crippen LogP contribution is -2.46. The number of benzene rings is 2. The smallest absolute Gasteiger partial charge is 0.296 e. The molecule has 1 aromatic heterocycles. The van der Waals surface area contributed by atoms with Crippen LogP contribution in [0.5, 0.6) is 11.5 Å². The molecule has 0 spiro atoms. The van der Waals surface area contributed by atoms with Crippen molar-refractivity contribution in [1.82, 2.24) is 9.80 Å². The molecule has 0 radical (unpaired) electrons. The molecule has 198 valence electrons. The van der Waals surface area contributed by atoms with E-state index < -0.39 is 17.7 Å². The summed E-state index contributed by atoms with van der Waals surface area (Å²) >= 11 is 6.33. The number of amides is 1. The average Bonchev–Trinajstić information content (AvgIpc) is 3.56. The first-order valence-corrected chi connectivity index (χ1v) is 12.8. The molecule has 2 aliphatic heterocycles. The van der Waals surface area contributed by atoms with E-state index >= 15 is 0 Å². The van der Waals surface area contributed by atoms with Gasteiger partial charge in [-0.1, -0.05) is 41.9 Å². The molecule has 2 saturated heterocycles. The molecule has 8 nitrogen and oxygen atoms in total. The van der Waals surface area contributed by atoms with Crippen LogP contribution in [0.4, 0.5) is 0 Å². The topological polar surface area (TPSA) is 92.4 Å². The van der Waals surface area contributed by atoms with Crippen molar-refractivity contribution < 1.29 is 28.6 Å². The molecule has 38 heavy (non-hydrogen) atoms. The number of carbonyl (C=O) groups is 2. The van der Waals surface area contributed by atoms with E-state index in [1.165, 1.54) is 38.2 Å². The molecule has 0 bridgehead atoms. The lowest BCUT2D eigenvalue weighted by molar-refractivity contribution is -0.142. The van der Waals surface area contributed by atoms with Crippen molar-refractivity contribution in [2.24, 2.45) is 0 Å². The standard InChI is InChI=1S/C29H29ClN2O6/c1-36-23-16-24(37-2)21(30)15-20(23)27(33)25-26(22-9-6-14-38-22)32(29(35)28(25)34)19-10-12-31(13-11-19)17-18-7-4-3-5-8-18/h3-9,14-16,19,26,33H,10-13,17H2,1-2H3/b27-25-. The Morgan fingerprint density at radius 1 is 1.03 bits per heavy atom. The van der Waals surface area contributed by atoms with Gasteiger partial charge in [0, 0.05) is 31.7 Å². The minimum atomic E-state index is -0.874. The van der Waals surface area contributed by atoms with Crippen molar-refractivity contribution in [2.75, 3.05) is 27.3 Å². The number of likely N-dealkylation sites (tertiary alicyclic amines) is 2. The van der Waals surface area contributed by atoms with Gasteiger partial charge < -0.3 is 23.9 Å². The number of aliphatic hydroxyl groups excluding tert-OH is 1. The number of halogens is 1. The minimum absolute atomic E-state index is 0.0591. The lowest BCUT2D eigenvalue weighted by atomic mass is 9.96. The van der Waals surface area contributed by atoms with Gasteiger partial charge >= 0.3 is 0 Å². The number of methoxy groups -OCH3 is 2. The van der Waals surface area contributed by atoms with Gasteiger partial charge in [-0.05, 0) is 36.6 Å². The summed E-state index contributed by atoms with van der Waals surface area (Å²) in [5, 5.41) is 11.7. The van der Waals surface area contributed by atoms with Crippen molar-refractivity contribution in [3.05, 3.63) is 88.3 Å². The van der Waals surface area contributed by atoms with Gasteiger partial charge in [0.2, 0.25) is 0 Å². The number of ketones is 1. The first kappa shape index (κ1) is 25.9. The maximum atomic E-state index is 13.4. The van der Waals surface area contributed by atoms with Gasteiger partial charge in [-0.25, -0.2) is 0 Å². The van der Waals surface area contributed by atoms with Crippen molar-refractivity contribution in [1.29, 1.82) is 0 Å². The van der Waals surface area contributed by atoms with Gasteiger partial charge in [0.15, 0.2) is 0 Å². The van der Waals surface area contributed by atoms with E-state index in [0.29, 0.717) is 24.4 Å². The highest BCUT2D eigenvalue weighted by atomic mass is 35.5. The fourth-order valence-electron chi connectivity index (χ4n) is 5.34. The Bertz CT molecular complexity index is 1350. The van der Waals surface area contributed by atoms with Crippen LogP contribution in [0, 0.1) is 0 Å². The Balaban J connectivity index is 1.49. The van der Waals surface area contributed by atoms with E-state index in [0.717, 1.165) is 19.6 Å². The number of nitrogens with zero attached hydrogens (tertiary/aromatic N) is 2. The van der Waals surface area contributed by atoms with Crippen LogP contribution in [0.1, 0.15) is 35.8 Å². The van der Waals surface area contributed by atoms with E-state index in [4.69, 9.17) is 25.5 Å². The van der Waals surface area contributed by atoms with Crippen LogP contribution in [0.2, 0.25) is 5.02 Å². The van der Waals surface area contributed by atoms with Gasteiger partial charge in [0.1, 0.15) is 29.1 Å². The lowest BCUT2D eigenvalue weighted by Gasteiger charge is -2.38. The number of hydrogen-bond donors (Lipinski definition) is 1. The molecule has 9 heteroatoms. The number of Topliss-reactive ketones (excluding diaryl/α,β-unsaturated/α-hetero) is 1. The molecule has 1 amide bonds. The fraction of sp³-hybridized carbons (Fsp3) is 0.310. The summed E-state index contributed by atoms with van der Waals surface area (Å²) in [5.74, 6) is -0.809. The Hall–Kier alpha value is -3.75. The normalized spacial score (nSPS) is 20.2. The molecule has 1 N–H and O–H groups in total. The summed E-state index contributed by atoms with van der Waals surface area (Å²) in [4.78, 5) is 30.8. The van der Waals surface area contributed by atoms with Crippen LogP contribution in [-0.4, -0.2) is 59.9 Å². The number of piperidine rings is 1. The Morgan fingerprint density at radius 2 is 1.74 bits per heavy atom. The van der Waals surface area contributed by atoms with Crippen molar-refractivity contribution >= 4 is 29.1 Å². The molecule has 1 atom stereocenters. The molecule has 3 aromatic rings. The van der Waals surface area contributed by atoms with Crippen LogP contribution in [-0.2, 0) is 16.1 Å². The predicted molar refractivity (Wildman–Crippen MR) is 142 cm³/mol. The number of rotatable bonds is 7. The second-order valence-corrected chi connectivity index (χ2v) is 9.81. The Labute approximate surface area is 226 Å². The monoisotopic (exact) mass is 536 g/mol. The predicted octanol–water partition coefficient (Wildman–Crippen LogP) is 5.04. The summed E-state index contributed by atoms with van der Waals surface area (Å²) in [5.41, 5.74) is 1.36. The van der Waals surface area contributed by atoms with Gasteiger partial charge in [0.25, 0.3) is 11.7 Å². The zero-order valence-corrected chi connectivity index (χ0v) is 22.0. The third kappa shape index (κ3) is 4.77. The highest BCUT2D eigenvalue weighted by Crippen LogP contribution is 2.45. The average molecular weight is 537 g/mol. The first-order chi connectivity index (χ1) is 18.4. The molecule has 2 fully saturated rings. The molecule has 3 heterocycles. The van der Waals surface area contributed by atoms with E-state index in [1.807, 2.05) is 18.2 Å². The summed E-state index contributed by atoms with van der Waals surface area (Å²) in [6.45, 7) is 2.37. The first-order valence-electron chi connectivity index (χ1n) is 12.4. The number of carbonyl (C=O) groups excluding carboxylic acids is 2. The van der Waals surface area contributed by atoms with E-state index in [1.54, 1.807) is 17.0 Å². The number of hydrogen-bond acceptors (Lipinski definition) is 7. The van der Waals surface area contributed by atoms with Crippen molar-refractivity contribution in [3.63, 3.8) is 0 Å². The Kier molecular flexibility index (Phi) is 7.44. The molecule has 2 aromatic carbocycles. The third-order valence-corrected chi connectivity index (χ3v) is 7.52. The SMILES string of the molecule is COc1cc(OC)c(/C(O)=C2/C(=O)C(=O)N(C3CCN(Cc4ccccc4)CC3)C2c2ccco2)cc1Cl. The van der Waals surface area contributed by atoms with Gasteiger partial charge in [0.05, 0.1) is 36.6 Å². The zero-order chi connectivity index (χ0) is 26.8. The number of aliphatic hydroxyl groups is 1. The summed E-state index contributed by atoms with van der Waals surface area (Å²) in [6, 6.07) is 15.6. The van der Waals surface area contributed by atoms with Crippen LogP contribution in [0.25, 0.3) is 5.76 Å². The van der Waals surface area contributed by atoms with E-state index in [2.05, 4.69) is 17.0 Å². The van der Waals surface area contributed by atoms with E-state index in [-0.39, 0.29) is 33.7 Å². The molecule has 5 rings (SSSR count). The molecule has 0 saturated carbocycles. The molecular formula is C29H29ClN2O6. The quantitative estimate of drug-likeness (QED) is 0.257. The second kappa shape index (κ2) is 10.9. The van der Waals surface area contributed by atoms with Gasteiger partial charge in [-0.15, -0.1) is 0 Å². The second-order valence-electron chi connectivity index (χ2n) is 9.40. The number of ether oxygens (including phenoxy) is 2. The van der Waals surface area contributed by atoms with Crippen LogP contribution < -0.4 is 9.47 Å². The largest absolute Gasteiger partial charge is 0.507 e. The summed E-state index contributed by atoms with van der Waals surface area (Å²) in [7, 11) is 2.90. The van der Waals surface area contributed by atoms with E-state index in [9.17, 15) is 14.7 Å². The highest BCUT2D eigenvalue weighted by Gasteiger charge is 2.50. The minimum Gasteiger partial charge on any atom is -0.507 e. The fourth-order valence-corrected chi connectivity index (χ4v) is 5.58. The summed E-state index contributed by atoms with van der Waals surface area (Å²) < 4.78 is 16.4. The molecule has 1 unspecified atom stereocenters.